The maximum Gasteiger partial charge on any atom is 0.407 e. The zero-order valence-electron chi connectivity index (χ0n) is 14.0. The molecule has 2 aromatic rings. The molecule has 4 nitrogen and oxygen atoms in total. The number of nitrogens with one attached hydrogen (secondary N) is 1. The van der Waals surface area contributed by atoms with Crippen molar-refractivity contribution in [3.8, 4) is 0 Å². The lowest BCUT2D eigenvalue weighted by atomic mass is 10.2. The van der Waals surface area contributed by atoms with Crippen LogP contribution in [-0.2, 0) is 22.6 Å². The van der Waals surface area contributed by atoms with Crippen LogP contribution < -0.4 is 5.32 Å². The number of benzene rings is 2. The van der Waals surface area contributed by atoms with E-state index in [1.54, 1.807) is 18.2 Å². The fraction of sp³-hybridized carbons (Fsp3) is 0.316. The molecule has 6 heteroatoms. The van der Waals surface area contributed by atoms with Gasteiger partial charge in [0.05, 0.1) is 13.2 Å². The molecule has 0 aliphatic heterocycles. The van der Waals surface area contributed by atoms with Crippen molar-refractivity contribution in [3.63, 3.8) is 0 Å². The smallest absolute Gasteiger partial charge is 0.407 e. The van der Waals surface area contributed by atoms with E-state index in [1.165, 1.54) is 0 Å². The Bertz CT molecular complexity index is 659. The standard InChI is InChI=1S/C19H21Cl2NO3/c1-2-18(13-24-12-15-8-16(20)10-17(21)9-15)25-19(23)22-11-14-6-4-3-5-7-14/h3-10,18H,2,11-13H2,1H3,(H,22,23). The Morgan fingerprint density at radius 1 is 1.08 bits per heavy atom. The van der Waals surface area contributed by atoms with Gasteiger partial charge < -0.3 is 14.8 Å². The Kier molecular flexibility index (Phi) is 8.06. The summed E-state index contributed by atoms with van der Waals surface area (Å²) in [6.45, 7) is 3.03. The first-order valence-corrected chi connectivity index (χ1v) is 8.83. The molecule has 0 heterocycles. The maximum atomic E-state index is 11.9. The van der Waals surface area contributed by atoms with Crippen molar-refractivity contribution in [1.29, 1.82) is 0 Å². The van der Waals surface area contributed by atoms with Crippen LogP contribution in [0.25, 0.3) is 0 Å². The van der Waals surface area contributed by atoms with Crippen LogP contribution in [-0.4, -0.2) is 18.8 Å². The number of amides is 1. The molecule has 0 saturated carbocycles. The third-order valence-electron chi connectivity index (χ3n) is 3.50. The highest BCUT2D eigenvalue weighted by molar-refractivity contribution is 6.34. The molecular weight excluding hydrogens is 361 g/mol. The molecule has 0 saturated heterocycles. The summed E-state index contributed by atoms with van der Waals surface area (Å²) in [6, 6.07) is 14.9. The zero-order valence-corrected chi connectivity index (χ0v) is 15.5. The first kappa shape index (κ1) is 19.6. The summed E-state index contributed by atoms with van der Waals surface area (Å²) in [7, 11) is 0. The number of ether oxygens (including phenoxy) is 2. The van der Waals surface area contributed by atoms with Gasteiger partial charge >= 0.3 is 6.09 Å². The van der Waals surface area contributed by atoms with E-state index in [0.717, 1.165) is 11.1 Å². The molecule has 25 heavy (non-hydrogen) atoms. The minimum absolute atomic E-state index is 0.305. The summed E-state index contributed by atoms with van der Waals surface area (Å²) in [6.07, 6.45) is -0.106. The highest BCUT2D eigenvalue weighted by atomic mass is 35.5. The molecule has 134 valence electrons. The summed E-state index contributed by atoms with van der Waals surface area (Å²) in [4.78, 5) is 11.9. The van der Waals surface area contributed by atoms with Crippen LogP contribution in [0.2, 0.25) is 10.0 Å². The number of halogens is 2. The minimum Gasteiger partial charge on any atom is -0.444 e. The van der Waals surface area contributed by atoms with Gasteiger partial charge in [0.15, 0.2) is 0 Å². The summed E-state index contributed by atoms with van der Waals surface area (Å²) >= 11 is 11.9. The van der Waals surface area contributed by atoms with E-state index in [1.807, 2.05) is 37.3 Å². The largest absolute Gasteiger partial charge is 0.444 e. The molecule has 0 fully saturated rings. The third kappa shape index (κ3) is 7.34. The molecule has 1 atom stereocenters. The lowest BCUT2D eigenvalue weighted by molar-refractivity contribution is 0.0118. The number of hydrogen-bond acceptors (Lipinski definition) is 3. The van der Waals surface area contributed by atoms with Gasteiger partial charge in [-0.25, -0.2) is 4.79 Å². The Labute approximate surface area is 158 Å². The van der Waals surface area contributed by atoms with Gasteiger partial charge in [0.1, 0.15) is 6.10 Å². The fourth-order valence-electron chi connectivity index (χ4n) is 2.20. The van der Waals surface area contributed by atoms with Gasteiger partial charge in [-0.15, -0.1) is 0 Å². The highest BCUT2D eigenvalue weighted by Gasteiger charge is 2.13. The molecule has 0 aromatic heterocycles. The summed E-state index contributed by atoms with van der Waals surface area (Å²) < 4.78 is 11.0. The van der Waals surface area contributed by atoms with E-state index in [0.29, 0.717) is 36.2 Å². The predicted octanol–water partition coefficient (Wildman–Crippen LogP) is 5.22. The van der Waals surface area contributed by atoms with Crippen molar-refractivity contribution in [2.24, 2.45) is 0 Å². The second-order valence-corrected chi connectivity index (χ2v) is 6.44. The van der Waals surface area contributed by atoms with Crippen molar-refractivity contribution < 1.29 is 14.3 Å². The van der Waals surface area contributed by atoms with Gasteiger partial charge in [0, 0.05) is 16.6 Å². The molecule has 1 N–H and O–H groups in total. The van der Waals surface area contributed by atoms with Gasteiger partial charge in [-0.05, 0) is 35.7 Å². The Morgan fingerprint density at radius 2 is 1.76 bits per heavy atom. The van der Waals surface area contributed by atoms with Crippen LogP contribution in [0, 0.1) is 0 Å². The van der Waals surface area contributed by atoms with Gasteiger partial charge in [-0.2, -0.15) is 0 Å². The second kappa shape index (κ2) is 10.3. The molecule has 2 rings (SSSR count). The van der Waals surface area contributed by atoms with Crippen LogP contribution in [0.5, 0.6) is 0 Å². The van der Waals surface area contributed by atoms with Crippen LogP contribution in [0.4, 0.5) is 4.79 Å². The number of hydrogen-bond donors (Lipinski definition) is 1. The maximum absolute atomic E-state index is 11.9. The highest BCUT2D eigenvalue weighted by Crippen LogP contribution is 2.19. The summed E-state index contributed by atoms with van der Waals surface area (Å²) in [5.41, 5.74) is 1.89. The molecule has 0 aliphatic rings. The van der Waals surface area contributed by atoms with E-state index < -0.39 is 6.09 Å². The number of carbonyl (C=O) groups is 1. The van der Waals surface area contributed by atoms with Gasteiger partial charge in [0.2, 0.25) is 0 Å². The number of rotatable bonds is 8. The van der Waals surface area contributed by atoms with Crippen LogP contribution in [0.3, 0.4) is 0 Å². The van der Waals surface area contributed by atoms with E-state index in [-0.39, 0.29) is 6.10 Å². The average Bonchev–Trinajstić information content (AvgIpc) is 2.59. The van der Waals surface area contributed by atoms with E-state index in [9.17, 15) is 4.79 Å². The fourth-order valence-corrected chi connectivity index (χ4v) is 2.77. The second-order valence-electron chi connectivity index (χ2n) is 5.57. The first-order chi connectivity index (χ1) is 12.1. The van der Waals surface area contributed by atoms with Crippen LogP contribution in [0.15, 0.2) is 48.5 Å². The molecule has 0 spiro atoms. The number of alkyl carbamates (subject to hydrolysis) is 1. The Balaban J connectivity index is 1.73. The molecule has 1 unspecified atom stereocenters. The quantitative estimate of drug-likeness (QED) is 0.681. The third-order valence-corrected chi connectivity index (χ3v) is 3.94. The summed E-state index contributed by atoms with van der Waals surface area (Å²) in [5.74, 6) is 0. The van der Waals surface area contributed by atoms with E-state index in [2.05, 4.69) is 5.32 Å². The van der Waals surface area contributed by atoms with Gasteiger partial charge in [-0.1, -0.05) is 60.5 Å². The van der Waals surface area contributed by atoms with Crippen molar-refractivity contribution in [2.75, 3.05) is 6.61 Å². The molecular formula is C19H21Cl2NO3. The lowest BCUT2D eigenvalue weighted by Gasteiger charge is -2.17. The lowest BCUT2D eigenvalue weighted by Crippen LogP contribution is -2.30. The molecule has 0 bridgehead atoms. The SMILES string of the molecule is CCC(COCc1cc(Cl)cc(Cl)c1)OC(=O)NCc1ccccc1. The molecule has 0 radical (unpaired) electrons. The topological polar surface area (TPSA) is 47.6 Å². The number of carbonyl (C=O) groups excluding carboxylic acids is 1. The Morgan fingerprint density at radius 3 is 2.40 bits per heavy atom. The van der Waals surface area contributed by atoms with E-state index >= 15 is 0 Å². The first-order valence-electron chi connectivity index (χ1n) is 8.08. The molecule has 1 amide bonds. The van der Waals surface area contributed by atoms with Crippen molar-refractivity contribution in [1.82, 2.24) is 5.32 Å². The molecule has 0 aliphatic carbocycles. The van der Waals surface area contributed by atoms with Crippen LogP contribution in [0.1, 0.15) is 24.5 Å². The van der Waals surface area contributed by atoms with Gasteiger partial charge in [-0.3, -0.25) is 0 Å². The van der Waals surface area contributed by atoms with Crippen LogP contribution >= 0.6 is 23.2 Å². The van der Waals surface area contributed by atoms with Crippen molar-refractivity contribution >= 4 is 29.3 Å². The minimum atomic E-state index is -0.454. The molecule has 2 aromatic carbocycles. The van der Waals surface area contributed by atoms with E-state index in [4.69, 9.17) is 32.7 Å². The monoisotopic (exact) mass is 381 g/mol. The average molecular weight is 382 g/mol. The van der Waals surface area contributed by atoms with Crippen molar-refractivity contribution in [3.05, 3.63) is 69.7 Å². The van der Waals surface area contributed by atoms with Crippen molar-refractivity contribution in [2.45, 2.75) is 32.6 Å². The normalized spacial score (nSPS) is 11.8. The Hall–Kier alpha value is -1.75. The zero-order chi connectivity index (χ0) is 18.1. The van der Waals surface area contributed by atoms with Gasteiger partial charge in [0.25, 0.3) is 0 Å². The predicted molar refractivity (Wildman–Crippen MR) is 100.0 cm³/mol. The summed E-state index contributed by atoms with van der Waals surface area (Å²) in [5, 5.41) is 3.86.